The molecule has 2 fully saturated rings. The van der Waals surface area contributed by atoms with E-state index >= 15 is 0 Å². The second kappa shape index (κ2) is 7.83. The Morgan fingerprint density at radius 3 is 1.79 bits per heavy atom. The zero-order valence-corrected chi connectivity index (χ0v) is 15.6. The van der Waals surface area contributed by atoms with Crippen LogP contribution in [0.1, 0.15) is 57.8 Å². The van der Waals surface area contributed by atoms with E-state index in [9.17, 15) is 0 Å². The molecule has 0 saturated heterocycles. The Balaban J connectivity index is 1.75. The molecular weight excluding hydrogens is 307 g/mol. The molecule has 0 spiro atoms. The third-order valence-electron chi connectivity index (χ3n) is 5.95. The maximum Gasteiger partial charge on any atom is -0.0107 e. The quantitative estimate of drug-likeness (QED) is 0.543. The topological polar surface area (TPSA) is 0 Å². The number of rotatable bonds is 4. The summed E-state index contributed by atoms with van der Waals surface area (Å²) < 4.78 is 0. The molecule has 1 unspecified atom stereocenters. The van der Waals surface area contributed by atoms with Crippen LogP contribution in [-0.4, -0.2) is 11.3 Å². The molecule has 0 radical (unpaired) electrons. The highest BCUT2D eigenvalue weighted by molar-refractivity contribution is 7.67. The predicted molar refractivity (Wildman–Crippen MR) is 108 cm³/mol. The number of hydrogen-bond donors (Lipinski definition) is 0. The average molecular weight is 336 g/mol. The maximum atomic E-state index is 2.47. The minimum atomic E-state index is -0.0195. The summed E-state index contributed by atoms with van der Waals surface area (Å²) in [5.41, 5.74) is 4.88. The lowest BCUT2D eigenvalue weighted by molar-refractivity contribution is 0.509. The fourth-order valence-corrected chi connectivity index (χ4v) is 8.76. The van der Waals surface area contributed by atoms with E-state index in [2.05, 4.69) is 54.6 Å². The minimum Gasteiger partial charge on any atom is -0.0683 e. The van der Waals surface area contributed by atoms with Gasteiger partial charge in [-0.3, -0.25) is 0 Å². The SMILES string of the molecule is c1ccc(-c2ccccc2P(C2CCCCC2)C2CCCC2)cc1. The number of benzene rings is 2. The van der Waals surface area contributed by atoms with Crippen LogP contribution >= 0.6 is 7.92 Å². The van der Waals surface area contributed by atoms with Crippen LogP contribution in [0.15, 0.2) is 54.6 Å². The summed E-state index contributed by atoms with van der Waals surface area (Å²) in [6, 6.07) is 20.5. The molecule has 0 aliphatic heterocycles. The van der Waals surface area contributed by atoms with Crippen molar-refractivity contribution in [1.82, 2.24) is 0 Å². The van der Waals surface area contributed by atoms with Crippen molar-refractivity contribution in [3.63, 3.8) is 0 Å². The van der Waals surface area contributed by atoms with Gasteiger partial charge in [0.05, 0.1) is 0 Å². The van der Waals surface area contributed by atoms with Crippen LogP contribution in [0.25, 0.3) is 11.1 Å². The lowest BCUT2D eigenvalue weighted by Crippen LogP contribution is -2.24. The van der Waals surface area contributed by atoms with E-state index in [1.807, 2.05) is 0 Å². The first kappa shape index (κ1) is 16.3. The Hall–Kier alpha value is -1.13. The van der Waals surface area contributed by atoms with Crippen LogP contribution in [0.3, 0.4) is 0 Å². The van der Waals surface area contributed by atoms with Gasteiger partial charge in [0.2, 0.25) is 0 Å². The van der Waals surface area contributed by atoms with Crippen molar-refractivity contribution < 1.29 is 0 Å². The predicted octanol–water partition coefficient (Wildman–Crippen LogP) is 6.74. The molecule has 0 amide bonds. The van der Waals surface area contributed by atoms with Gasteiger partial charge in [0.1, 0.15) is 0 Å². The second-order valence-corrected chi connectivity index (χ2v) is 10.3. The van der Waals surface area contributed by atoms with Crippen LogP contribution in [0, 0.1) is 0 Å². The van der Waals surface area contributed by atoms with Gasteiger partial charge in [0.25, 0.3) is 0 Å². The summed E-state index contributed by atoms with van der Waals surface area (Å²) >= 11 is 0. The Bertz CT molecular complexity index is 636. The van der Waals surface area contributed by atoms with Crippen molar-refractivity contribution in [2.45, 2.75) is 69.1 Å². The minimum absolute atomic E-state index is 0.0195. The molecule has 0 nitrogen and oxygen atoms in total. The summed E-state index contributed by atoms with van der Waals surface area (Å²) in [7, 11) is -0.0195. The molecular formula is C23H29P. The zero-order valence-electron chi connectivity index (χ0n) is 14.7. The molecule has 2 aliphatic carbocycles. The molecule has 0 bridgehead atoms. The molecule has 126 valence electrons. The molecule has 24 heavy (non-hydrogen) atoms. The van der Waals surface area contributed by atoms with Gasteiger partial charge in [-0.05, 0) is 53.4 Å². The molecule has 0 aromatic heterocycles. The first-order valence-electron chi connectivity index (χ1n) is 9.86. The van der Waals surface area contributed by atoms with E-state index in [1.54, 1.807) is 5.30 Å². The van der Waals surface area contributed by atoms with Crippen LogP contribution in [-0.2, 0) is 0 Å². The normalized spacial score (nSPS) is 21.0. The van der Waals surface area contributed by atoms with E-state index in [0.717, 1.165) is 11.3 Å². The van der Waals surface area contributed by atoms with Gasteiger partial charge in [-0.25, -0.2) is 0 Å². The van der Waals surface area contributed by atoms with Gasteiger partial charge >= 0.3 is 0 Å². The zero-order chi connectivity index (χ0) is 16.2. The van der Waals surface area contributed by atoms with Crippen LogP contribution in [0.2, 0.25) is 0 Å². The first-order valence-corrected chi connectivity index (χ1v) is 11.3. The number of hydrogen-bond acceptors (Lipinski definition) is 0. The molecule has 1 heteroatoms. The van der Waals surface area contributed by atoms with Gasteiger partial charge in [-0.15, -0.1) is 0 Å². The van der Waals surface area contributed by atoms with Crippen LogP contribution in [0.5, 0.6) is 0 Å². The van der Waals surface area contributed by atoms with Crippen molar-refractivity contribution in [3.05, 3.63) is 54.6 Å². The van der Waals surface area contributed by atoms with E-state index in [1.165, 1.54) is 68.9 Å². The van der Waals surface area contributed by atoms with Crippen molar-refractivity contribution in [2.24, 2.45) is 0 Å². The van der Waals surface area contributed by atoms with Gasteiger partial charge < -0.3 is 0 Å². The maximum absolute atomic E-state index is 2.47. The van der Waals surface area contributed by atoms with Crippen molar-refractivity contribution in [2.75, 3.05) is 0 Å². The summed E-state index contributed by atoms with van der Waals surface area (Å²) in [5.74, 6) is 0. The fraction of sp³-hybridized carbons (Fsp3) is 0.478. The second-order valence-electron chi connectivity index (χ2n) is 7.52. The summed E-state index contributed by atoms with van der Waals surface area (Å²) in [5, 5.41) is 1.71. The average Bonchev–Trinajstić information content (AvgIpc) is 3.18. The summed E-state index contributed by atoms with van der Waals surface area (Å²) in [4.78, 5) is 0. The highest BCUT2D eigenvalue weighted by atomic mass is 31.1. The molecule has 0 heterocycles. The van der Waals surface area contributed by atoms with Crippen molar-refractivity contribution in [3.8, 4) is 11.1 Å². The van der Waals surface area contributed by atoms with Crippen molar-refractivity contribution >= 4 is 13.2 Å². The molecule has 2 saturated carbocycles. The highest BCUT2D eigenvalue weighted by Crippen LogP contribution is 2.56. The molecule has 2 aromatic carbocycles. The van der Waals surface area contributed by atoms with Crippen LogP contribution < -0.4 is 5.30 Å². The highest BCUT2D eigenvalue weighted by Gasteiger charge is 2.34. The third-order valence-corrected chi connectivity index (χ3v) is 9.51. The summed E-state index contributed by atoms with van der Waals surface area (Å²) in [6.07, 6.45) is 13.2. The van der Waals surface area contributed by atoms with Gasteiger partial charge in [-0.1, -0.05) is 94.6 Å². The van der Waals surface area contributed by atoms with E-state index in [0.29, 0.717) is 0 Å². The Morgan fingerprint density at radius 1 is 0.583 bits per heavy atom. The fourth-order valence-electron chi connectivity index (χ4n) is 4.79. The monoisotopic (exact) mass is 336 g/mol. The van der Waals surface area contributed by atoms with E-state index < -0.39 is 0 Å². The first-order chi connectivity index (χ1) is 11.9. The third kappa shape index (κ3) is 3.45. The lowest BCUT2D eigenvalue weighted by atomic mass is 10.0. The largest absolute Gasteiger partial charge is 0.0683 e. The van der Waals surface area contributed by atoms with Crippen LogP contribution in [0.4, 0.5) is 0 Å². The van der Waals surface area contributed by atoms with Gasteiger partial charge in [-0.2, -0.15) is 0 Å². The Labute approximate surface area is 148 Å². The van der Waals surface area contributed by atoms with E-state index in [4.69, 9.17) is 0 Å². The molecule has 4 rings (SSSR count). The van der Waals surface area contributed by atoms with Crippen molar-refractivity contribution in [1.29, 1.82) is 0 Å². The smallest absolute Gasteiger partial charge is 0.0107 e. The summed E-state index contributed by atoms with van der Waals surface area (Å²) in [6.45, 7) is 0. The Kier molecular flexibility index (Phi) is 5.34. The van der Waals surface area contributed by atoms with E-state index in [-0.39, 0.29) is 7.92 Å². The molecule has 1 atom stereocenters. The lowest BCUT2D eigenvalue weighted by Gasteiger charge is -2.36. The Morgan fingerprint density at radius 2 is 1.12 bits per heavy atom. The molecule has 2 aromatic rings. The standard InChI is InChI=1S/C23H29P/c1-3-11-19(12-4-1)22-17-9-10-18-23(22)24(21-15-7-8-16-21)20-13-5-2-6-14-20/h1,3-4,9-12,17-18,20-21H,2,5-8,13-16H2. The molecule has 0 N–H and O–H groups in total. The van der Waals surface area contributed by atoms with Gasteiger partial charge in [0.15, 0.2) is 0 Å². The molecule has 2 aliphatic rings. The van der Waals surface area contributed by atoms with Gasteiger partial charge in [0, 0.05) is 0 Å².